The zero-order valence-corrected chi connectivity index (χ0v) is 28.4. The van der Waals surface area contributed by atoms with Crippen LogP contribution in [0.1, 0.15) is 11.6 Å². The molecule has 2 aliphatic carbocycles. The maximum Gasteiger partial charge on any atom is 0.161 e. The van der Waals surface area contributed by atoms with Crippen LogP contribution in [0.5, 0.6) is 0 Å². The molecule has 0 spiro atoms. The van der Waals surface area contributed by atoms with Crippen LogP contribution in [0.15, 0.2) is 179 Å². The van der Waals surface area contributed by atoms with Gasteiger partial charge in [0.2, 0.25) is 0 Å². The maximum atomic E-state index is 10.3. The molecule has 8 heteroatoms. The Hall–Kier alpha value is -8.30. The lowest BCUT2D eigenvalue weighted by Crippen LogP contribution is -2.03. The third kappa shape index (κ3) is 5.95. The summed E-state index contributed by atoms with van der Waals surface area (Å²) in [4.78, 5) is 19.9. The fourth-order valence-corrected chi connectivity index (χ4v) is 6.62. The minimum atomic E-state index is -0.169. The summed E-state index contributed by atoms with van der Waals surface area (Å²) < 4.78 is 0. The van der Waals surface area contributed by atoms with E-state index >= 15 is 0 Å². The Labute approximate surface area is 311 Å². The van der Waals surface area contributed by atoms with Crippen molar-refractivity contribution in [3.63, 3.8) is 0 Å². The first-order valence-electron chi connectivity index (χ1n) is 16.9. The molecule has 0 saturated carbocycles. The van der Waals surface area contributed by atoms with Crippen LogP contribution in [-0.2, 0) is 0 Å². The topological polar surface area (TPSA) is 147 Å². The van der Waals surface area contributed by atoms with Gasteiger partial charge in [-0.05, 0) is 35.4 Å². The first-order valence-corrected chi connectivity index (χ1v) is 16.9. The van der Waals surface area contributed by atoms with Gasteiger partial charge in [0.05, 0.1) is 22.8 Å². The van der Waals surface area contributed by atoms with Gasteiger partial charge >= 0.3 is 0 Å². The first kappa shape index (κ1) is 32.9. The number of aromatic nitrogens is 4. The van der Waals surface area contributed by atoms with E-state index < -0.39 is 0 Å². The number of hydrogen-bond acceptors (Lipinski definition) is 8. The molecule has 6 aromatic rings. The minimum Gasteiger partial charge on any atom is -0.228 e. The Bertz CT molecular complexity index is 2480. The molecule has 248 valence electrons. The van der Waals surface area contributed by atoms with Gasteiger partial charge in [-0.15, -0.1) is 0 Å². The Morgan fingerprint density at radius 3 is 0.870 bits per heavy atom. The molecule has 0 amide bonds. The quantitative estimate of drug-likeness (QED) is 0.157. The van der Waals surface area contributed by atoms with Crippen LogP contribution < -0.4 is 0 Å². The molecule has 0 unspecified atom stereocenters. The Morgan fingerprint density at radius 2 is 0.630 bits per heavy atom. The highest BCUT2D eigenvalue weighted by molar-refractivity contribution is 6.04. The zero-order valence-electron chi connectivity index (χ0n) is 28.4. The van der Waals surface area contributed by atoms with Gasteiger partial charge in [-0.2, -0.15) is 21.0 Å². The average molecular weight is 689 g/mol. The molecule has 2 heterocycles. The van der Waals surface area contributed by atoms with E-state index in [0.717, 1.165) is 22.3 Å². The monoisotopic (exact) mass is 688 g/mol. The van der Waals surface area contributed by atoms with E-state index in [-0.39, 0.29) is 22.8 Å². The smallest absolute Gasteiger partial charge is 0.161 e. The number of nitrogens with zero attached hydrogens (tertiary/aromatic N) is 8. The lowest BCUT2D eigenvalue weighted by Gasteiger charge is -2.14. The zero-order chi connectivity index (χ0) is 37.0. The minimum absolute atomic E-state index is 0.169. The van der Waals surface area contributed by atoms with Crippen molar-refractivity contribution in [2.45, 2.75) is 0 Å². The summed E-state index contributed by atoms with van der Waals surface area (Å²) >= 11 is 0. The van der Waals surface area contributed by atoms with Crippen molar-refractivity contribution < 1.29 is 0 Å². The molecular weight excluding hydrogens is 665 g/mol. The Balaban J connectivity index is 1.36. The fourth-order valence-electron chi connectivity index (χ4n) is 6.62. The van der Waals surface area contributed by atoms with E-state index in [9.17, 15) is 21.0 Å². The van der Waals surface area contributed by atoms with Gasteiger partial charge in [-0.1, -0.05) is 121 Å². The van der Waals surface area contributed by atoms with Crippen LogP contribution in [0.3, 0.4) is 0 Å². The van der Waals surface area contributed by atoms with Crippen molar-refractivity contribution in [3.8, 4) is 69.3 Å². The van der Waals surface area contributed by atoms with Crippen LogP contribution in [0, 0.1) is 45.3 Å². The van der Waals surface area contributed by atoms with E-state index in [1.54, 1.807) is 12.2 Å². The predicted molar refractivity (Wildman–Crippen MR) is 205 cm³/mol. The van der Waals surface area contributed by atoms with Gasteiger partial charge in [-0.25, -0.2) is 19.9 Å². The molecule has 0 bridgehead atoms. The average Bonchev–Trinajstić information content (AvgIpc) is 3.80. The third-order valence-electron chi connectivity index (χ3n) is 9.10. The fraction of sp³-hybridized carbons (Fsp3) is 0. The third-order valence-corrected chi connectivity index (χ3v) is 9.10. The number of benzene rings is 4. The summed E-state index contributed by atoms with van der Waals surface area (Å²) in [6, 6.07) is 50.7. The second-order valence-corrected chi connectivity index (χ2v) is 12.3. The van der Waals surface area contributed by atoms with E-state index in [4.69, 9.17) is 19.9 Å². The van der Waals surface area contributed by atoms with Crippen molar-refractivity contribution in [3.05, 3.63) is 191 Å². The van der Waals surface area contributed by atoms with Crippen LogP contribution in [0.2, 0.25) is 0 Å². The molecule has 4 aromatic carbocycles. The predicted octanol–water partition coefficient (Wildman–Crippen LogP) is 9.41. The number of allylic oxidation sites excluding steroid dienone is 10. The van der Waals surface area contributed by atoms with Crippen molar-refractivity contribution in [1.82, 2.24) is 19.9 Å². The van der Waals surface area contributed by atoms with E-state index in [0.29, 0.717) is 56.2 Å². The summed E-state index contributed by atoms with van der Waals surface area (Å²) in [7, 11) is 0. The Kier molecular flexibility index (Phi) is 8.61. The van der Waals surface area contributed by atoms with Gasteiger partial charge in [0.25, 0.3) is 0 Å². The summed E-state index contributed by atoms with van der Waals surface area (Å²) in [6.45, 7) is 0. The van der Waals surface area contributed by atoms with Gasteiger partial charge < -0.3 is 0 Å². The largest absolute Gasteiger partial charge is 0.228 e. The molecular formula is C46H24N8. The number of hydrogen-bond donors (Lipinski definition) is 0. The molecule has 0 radical (unpaired) electrons. The second kappa shape index (κ2) is 14.1. The summed E-state index contributed by atoms with van der Waals surface area (Å²) in [5, 5.41) is 41.3. The molecule has 2 aliphatic rings. The highest BCUT2D eigenvalue weighted by atomic mass is 14.9. The highest BCUT2D eigenvalue weighted by Gasteiger charge is 2.37. The first-order chi connectivity index (χ1) is 26.6. The number of nitriles is 4. The van der Waals surface area contributed by atoms with Crippen LogP contribution in [0.4, 0.5) is 0 Å². The molecule has 8 rings (SSSR count). The molecule has 2 aromatic heterocycles. The molecule has 0 fully saturated rings. The van der Waals surface area contributed by atoms with Crippen molar-refractivity contribution in [2.75, 3.05) is 0 Å². The summed E-state index contributed by atoms with van der Waals surface area (Å²) in [6.07, 6.45) is 3.51. The van der Waals surface area contributed by atoms with E-state index in [1.807, 2.05) is 133 Å². The van der Waals surface area contributed by atoms with Gasteiger partial charge in [0.1, 0.15) is 35.4 Å². The summed E-state index contributed by atoms with van der Waals surface area (Å²) in [5.74, 6) is 0.558. The van der Waals surface area contributed by atoms with Crippen molar-refractivity contribution in [2.24, 2.45) is 0 Å². The molecule has 54 heavy (non-hydrogen) atoms. The maximum absolute atomic E-state index is 10.3. The van der Waals surface area contributed by atoms with Gasteiger partial charge in [0.15, 0.2) is 11.6 Å². The molecule has 0 aliphatic heterocycles. The molecule has 0 atom stereocenters. The molecule has 8 nitrogen and oxygen atoms in total. The lowest BCUT2D eigenvalue weighted by atomic mass is 9.95. The van der Waals surface area contributed by atoms with Gasteiger partial charge in [-0.3, -0.25) is 0 Å². The Morgan fingerprint density at radius 1 is 0.370 bits per heavy atom. The van der Waals surface area contributed by atoms with Crippen molar-refractivity contribution >= 4 is 11.1 Å². The van der Waals surface area contributed by atoms with Crippen LogP contribution >= 0.6 is 0 Å². The van der Waals surface area contributed by atoms with Crippen LogP contribution in [0.25, 0.3) is 56.2 Å². The van der Waals surface area contributed by atoms with E-state index in [2.05, 4.69) is 24.3 Å². The normalized spacial score (nSPS) is 12.8. The van der Waals surface area contributed by atoms with Crippen LogP contribution in [-0.4, -0.2) is 19.9 Å². The summed E-state index contributed by atoms with van der Waals surface area (Å²) in [5.41, 5.74) is 8.02. The van der Waals surface area contributed by atoms with E-state index in [1.165, 1.54) is 0 Å². The van der Waals surface area contributed by atoms with Crippen molar-refractivity contribution in [1.29, 1.82) is 21.0 Å². The second-order valence-electron chi connectivity index (χ2n) is 12.3. The SMILES string of the molecule is N#CC(C#N)=C1C(c2nc(-c3ccccc3)cc(-c3ccccc3)n2)=CC2=C1C=C(c1nc(-c3ccccc3)cc(-c3ccccc3)n1)C2=C(C#N)C#N. The molecule has 0 N–H and O–H groups in total. The lowest BCUT2D eigenvalue weighted by molar-refractivity contribution is 1.12. The van der Waals surface area contributed by atoms with Gasteiger partial charge in [0, 0.05) is 44.5 Å². The standard InChI is InChI=1S/C46H24N8/c47-25-33(26-48)43-36-22-38(46-53-41(31-17-9-3-10-18-31)24-42(54-46)32-19-11-4-12-20-32)44(34(27-49)28-50)35(36)21-37(43)45-51-39(29-13-5-1-6-14-29)23-40(52-45)30-15-7-2-8-16-30/h1-24H. The highest BCUT2D eigenvalue weighted by Crippen LogP contribution is 2.51. The molecule has 0 saturated heterocycles. The number of rotatable bonds is 6.